The number of hydrogen-bond acceptors (Lipinski definition) is 5. The minimum atomic E-state index is -0.412. The van der Waals surface area contributed by atoms with Crippen LogP contribution in [0.15, 0.2) is 24.3 Å². The van der Waals surface area contributed by atoms with E-state index in [2.05, 4.69) is 6.92 Å². The maximum atomic E-state index is 11.8. The number of rotatable bonds is 15. The molecular formula is C22H34O5. The summed E-state index contributed by atoms with van der Waals surface area (Å²) in [5.74, 6) is -0.0767. The summed E-state index contributed by atoms with van der Waals surface area (Å²) in [5, 5.41) is 0. The summed E-state index contributed by atoms with van der Waals surface area (Å²) in [4.78, 5) is 23.5. The normalized spacial score (nSPS) is 10.4. The Kier molecular flexibility index (Phi) is 12.8. The van der Waals surface area contributed by atoms with Crippen molar-refractivity contribution in [2.45, 2.75) is 77.7 Å². The molecule has 1 aromatic carbocycles. The minimum Gasteiger partial charge on any atom is -0.496 e. The van der Waals surface area contributed by atoms with Crippen LogP contribution in [0.5, 0.6) is 5.75 Å². The van der Waals surface area contributed by atoms with Gasteiger partial charge in [0.05, 0.1) is 26.6 Å². The molecular weight excluding hydrogens is 344 g/mol. The Balaban J connectivity index is 2.03. The van der Waals surface area contributed by atoms with Crippen molar-refractivity contribution in [1.29, 1.82) is 0 Å². The summed E-state index contributed by atoms with van der Waals surface area (Å²) in [6.45, 7) is 2.79. The third-order valence-corrected chi connectivity index (χ3v) is 4.38. The Morgan fingerprint density at radius 3 is 2.07 bits per heavy atom. The second-order valence-corrected chi connectivity index (χ2v) is 6.67. The van der Waals surface area contributed by atoms with Crippen molar-refractivity contribution in [3.05, 3.63) is 29.8 Å². The van der Waals surface area contributed by atoms with Gasteiger partial charge >= 0.3 is 11.9 Å². The van der Waals surface area contributed by atoms with E-state index in [0.29, 0.717) is 12.4 Å². The topological polar surface area (TPSA) is 61.8 Å². The number of carbonyl (C=O) groups excluding carboxylic acids is 2. The van der Waals surface area contributed by atoms with Gasteiger partial charge in [0.1, 0.15) is 12.4 Å². The second-order valence-electron chi connectivity index (χ2n) is 6.67. The van der Waals surface area contributed by atoms with Gasteiger partial charge in [0.25, 0.3) is 0 Å². The van der Waals surface area contributed by atoms with E-state index in [4.69, 9.17) is 14.2 Å². The van der Waals surface area contributed by atoms with E-state index in [0.717, 1.165) is 18.4 Å². The Bertz CT molecular complexity index is 541. The molecule has 0 bridgehead atoms. The quantitative estimate of drug-likeness (QED) is 0.310. The molecule has 0 saturated carbocycles. The molecule has 27 heavy (non-hydrogen) atoms. The zero-order valence-electron chi connectivity index (χ0n) is 16.8. The first-order chi connectivity index (χ1) is 13.2. The number of ether oxygens (including phenoxy) is 3. The van der Waals surface area contributed by atoms with Crippen LogP contribution < -0.4 is 4.74 Å². The number of unbranched alkanes of at least 4 members (excludes halogenated alkanes) is 7. The first kappa shape index (κ1) is 23.0. The van der Waals surface area contributed by atoms with Crippen molar-refractivity contribution < 1.29 is 23.8 Å². The van der Waals surface area contributed by atoms with Crippen molar-refractivity contribution in [3.8, 4) is 5.75 Å². The SMILES string of the molecule is CCCCCCCCCCOC(=O)CCC(=O)OCc1ccccc1OC. The van der Waals surface area contributed by atoms with Gasteiger partial charge in [-0.15, -0.1) is 0 Å². The van der Waals surface area contributed by atoms with Crippen LogP contribution in [0.3, 0.4) is 0 Å². The molecule has 0 N–H and O–H groups in total. The number of hydrogen-bond donors (Lipinski definition) is 0. The number of methoxy groups -OCH3 is 1. The highest BCUT2D eigenvalue weighted by Gasteiger charge is 2.10. The summed E-state index contributed by atoms with van der Waals surface area (Å²) < 4.78 is 15.6. The molecule has 0 aliphatic heterocycles. The summed E-state index contributed by atoms with van der Waals surface area (Å²) in [5.41, 5.74) is 0.797. The van der Waals surface area contributed by atoms with Crippen LogP contribution in [0, 0.1) is 0 Å². The van der Waals surface area contributed by atoms with E-state index in [9.17, 15) is 9.59 Å². The van der Waals surface area contributed by atoms with Gasteiger partial charge in [-0.05, 0) is 12.5 Å². The number of esters is 2. The lowest BCUT2D eigenvalue weighted by Crippen LogP contribution is -2.11. The molecule has 0 aliphatic rings. The first-order valence-electron chi connectivity index (χ1n) is 10.1. The molecule has 5 nitrogen and oxygen atoms in total. The zero-order chi connectivity index (χ0) is 19.7. The molecule has 0 amide bonds. The van der Waals surface area contributed by atoms with Gasteiger partial charge in [-0.3, -0.25) is 9.59 Å². The largest absolute Gasteiger partial charge is 0.496 e. The molecule has 0 unspecified atom stereocenters. The fraction of sp³-hybridized carbons (Fsp3) is 0.636. The number of benzene rings is 1. The standard InChI is InChI=1S/C22H34O5/c1-3-4-5-6-7-8-9-12-17-26-21(23)15-16-22(24)27-18-19-13-10-11-14-20(19)25-2/h10-11,13-14H,3-9,12,15-18H2,1-2H3. The van der Waals surface area contributed by atoms with Crippen molar-refractivity contribution in [2.24, 2.45) is 0 Å². The maximum absolute atomic E-state index is 11.8. The van der Waals surface area contributed by atoms with Crippen molar-refractivity contribution >= 4 is 11.9 Å². The van der Waals surface area contributed by atoms with E-state index < -0.39 is 5.97 Å². The Labute approximate surface area is 163 Å². The third-order valence-electron chi connectivity index (χ3n) is 4.38. The highest BCUT2D eigenvalue weighted by molar-refractivity contribution is 5.77. The monoisotopic (exact) mass is 378 g/mol. The van der Waals surface area contributed by atoms with Crippen LogP contribution in [0.25, 0.3) is 0 Å². The summed E-state index contributed by atoms with van der Waals surface area (Å²) in [6.07, 6.45) is 9.71. The third kappa shape index (κ3) is 11.3. The molecule has 1 aromatic rings. The predicted octanol–water partition coefficient (Wildman–Crippen LogP) is 5.20. The molecule has 1 rings (SSSR count). The molecule has 0 atom stereocenters. The van der Waals surface area contributed by atoms with E-state index >= 15 is 0 Å². The minimum absolute atomic E-state index is 0.0331. The molecule has 0 saturated heterocycles. The summed E-state index contributed by atoms with van der Waals surface area (Å²) in [6, 6.07) is 7.36. The molecule has 5 heteroatoms. The maximum Gasteiger partial charge on any atom is 0.306 e. The molecule has 152 valence electrons. The molecule has 0 aliphatic carbocycles. The Morgan fingerprint density at radius 2 is 1.41 bits per heavy atom. The van der Waals surface area contributed by atoms with Gasteiger partial charge in [-0.2, -0.15) is 0 Å². The Morgan fingerprint density at radius 1 is 0.815 bits per heavy atom. The van der Waals surface area contributed by atoms with Crippen molar-refractivity contribution in [1.82, 2.24) is 0 Å². The second kappa shape index (κ2) is 15.1. The van der Waals surface area contributed by atoms with Crippen molar-refractivity contribution in [3.63, 3.8) is 0 Å². The van der Waals surface area contributed by atoms with Crippen LogP contribution in [0.1, 0.15) is 76.7 Å². The fourth-order valence-corrected chi connectivity index (χ4v) is 2.75. The van der Waals surface area contributed by atoms with Gasteiger partial charge in [0.2, 0.25) is 0 Å². The van der Waals surface area contributed by atoms with E-state index in [1.807, 2.05) is 24.3 Å². The average molecular weight is 379 g/mol. The zero-order valence-corrected chi connectivity index (χ0v) is 16.8. The molecule has 0 aromatic heterocycles. The van der Waals surface area contributed by atoms with E-state index in [1.165, 1.54) is 38.5 Å². The predicted molar refractivity (Wildman–Crippen MR) is 106 cm³/mol. The van der Waals surface area contributed by atoms with E-state index in [1.54, 1.807) is 7.11 Å². The average Bonchev–Trinajstić information content (AvgIpc) is 2.69. The van der Waals surface area contributed by atoms with Gasteiger partial charge in [0, 0.05) is 5.56 Å². The van der Waals surface area contributed by atoms with Gasteiger partial charge in [-0.25, -0.2) is 0 Å². The van der Waals surface area contributed by atoms with Crippen LogP contribution in [-0.4, -0.2) is 25.7 Å². The first-order valence-corrected chi connectivity index (χ1v) is 10.1. The van der Waals surface area contributed by atoms with E-state index in [-0.39, 0.29) is 25.4 Å². The molecule has 0 spiro atoms. The molecule has 0 radical (unpaired) electrons. The van der Waals surface area contributed by atoms with Crippen LogP contribution in [0.4, 0.5) is 0 Å². The van der Waals surface area contributed by atoms with Crippen LogP contribution in [-0.2, 0) is 25.7 Å². The fourth-order valence-electron chi connectivity index (χ4n) is 2.75. The highest BCUT2D eigenvalue weighted by atomic mass is 16.5. The lowest BCUT2D eigenvalue weighted by molar-refractivity contribution is -0.151. The van der Waals surface area contributed by atoms with Gasteiger partial charge in [0.15, 0.2) is 0 Å². The Hall–Kier alpha value is -2.04. The van der Waals surface area contributed by atoms with Crippen LogP contribution >= 0.6 is 0 Å². The molecule has 0 heterocycles. The highest BCUT2D eigenvalue weighted by Crippen LogP contribution is 2.18. The summed E-state index contributed by atoms with van der Waals surface area (Å²) >= 11 is 0. The van der Waals surface area contributed by atoms with Gasteiger partial charge in [-0.1, -0.05) is 70.1 Å². The lowest BCUT2D eigenvalue weighted by atomic mass is 10.1. The van der Waals surface area contributed by atoms with Crippen LogP contribution in [0.2, 0.25) is 0 Å². The number of para-hydroxylation sites is 1. The lowest BCUT2D eigenvalue weighted by Gasteiger charge is -2.09. The van der Waals surface area contributed by atoms with Crippen molar-refractivity contribution in [2.75, 3.05) is 13.7 Å². The van der Waals surface area contributed by atoms with Gasteiger partial charge < -0.3 is 14.2 Å². The smallest absolute Gasteiger partial charge is 0.306 e. The summed E-state index contributed by atoms with van der Waals surface area (Å²) in [7, 11) is 1.57. The molecule has 0 fully saturated rings. The number of carbonyl (C=O) groups is 2.